The Kier molecular flexibility index (Phi) is 4.10. The van der Waals surface area contributed by atoms with Crippen molar-refractivity contribution in [2.24, 2.45) is 0 Å². The van der Waals surface area contributed by atoms with Crippen molar-refractivity contribution in [2.45, 2.75) is 32.1 Å². The van der Waals surface area contributed by atoms with Crippen LogP contribution in [0.25, 0.3) is 0 Å². The second kappa shape index (κ2) is 5.58. The summed E-state index contributed by atoms with van der Waals surface area (Å²) in [5, 5.41) is 3.44. The number of ether oxygens (including phenoxy) is 2. The third-order valence-corrected chi connectivity index (χ3v) is 2.86. The van der Waals surface area contributed by atoms with Gasteiger partial charge in [0.2, 0.25) is 0 Å². The molecule has 0 spiro atoms. The molecule has 1 aliphatic rings. The first-order valence-corrected chi connectivity index (χ1v) is 6.06. The van der Waals surface area contributed by atoms with Gasteiger partial charge in [-0.1, -0.05) is 0 Å². The number of rotatable bonds is 4. The highest BCUT2D eigenvalue weighted by Gasteiger charge is 2.27. The quantitative estimate of drug-likeness (QED) is 0.857. The number of aromatic nitrogens is 1. The SMILES string of the molecule is CC1(C)OCC(NCCc2ccncc2)CO1. The number of hydrogen-bond acceptors (Lipinski definition) is 4. The van der Waals surface area contributed by atoms with Crippen LogP contribution in [0, 0.1) is 0 Å². The average Bonchev–Trinajstić information content (AvgIpc) is 2.33. The number of pyridine rings is 1. The summed E-state index contributed by atoms with van der Waals surface area (Å²) in [5.74, 6) is -0.427. The van der Waals surface area contributed by atoms with Gasteiger partial charge in [-0.05, 0) is 44.5 Å². The Labute approximate surface area is 102 Å². The van der Waals surface area contributed by atoms with Gasteiger partial charge in [-0.15, -0.1) is 0 Å². The summed E-state index contributed by atoms with van der Waals surface area (Å²) >= 11 is 0. The van der Waals surface area contributed by atoms with Crippen LogP contribution in [-0.2, 0) is 15.9 Å². The van der Waals surface area contributed by atoms with Gasteiger partial charge in [-0.25, -0.2) is 0 Å². The Balaban J connectivity index is 1.67. The molecule has 0 amide bonds. The Morgan fingerprint density at radius 2 is 1.94 bits per heavy atom. The summed E-state index contributed by atoms with van der Waals surface area (Å²) in [7, 11) is 0. The molecule has 0 aromatic carbocycles. The fourth-order valence-electron chi connectivity index (χ4n) is 1.78. The third-order valence-electron chi connectivity index (χ3n) is 2.86. The first-order chi connectivity index (χ1) is 8.16. The smallest absolute Gasteiger partial charge is 0.162 e. The topological polar surface area (TPSA) is 43.4 Å². The van der Waals surface area contributed by atoms with Gasteiger partial charge in [0.05, 0.1) is 19.3 Å². The van der Waals surface area contributed by atoms with Crippen molar-refractivity contribution in [1.29, 1.82) is 0 Å². The van der Waals surface area contributed by atoms with Crippen molar-refractivity contribution in [1.82, 2.24) is 10.3 Å². The molecule has 4 heteroatoms. The normalized spacial score (nSPS) is 20.4. The Bertz CT molecular complexity index is 331. The highest BCUT2D eigenvalue weighted by Crippen LogP contribution is 2.16. The van der Waals surface area contributed by atoms with E-state index in [1.54, 1.807) is 0 Å². The van der Waals surface area contributed by atoms with Gasteiger partial charge < -0.3 is 14.8 Å². The van der Waals surface area contributed by atoms with E-state index >= 15 is 0 Å². The zero-order valence-corrected chi connectivity index (χ0v) is 10.5. The summed E-state index contributed by atoms with van der Waals surface area (Å²) < 4.78 is 11.2. The van der Waals surface area contributed by atoms with Crippen LogP contribution in [0.2, 0.25) is 0 Å². The van der Waals surface area contributed by atoms with E-state index in [9.17, 15) is 0 Å². The molecule has 1 N–H and O–H groups in total. The fraction of sp³-hybridized carbons (Fsp3) is 0.615. The average molecular weight is 236 g/mol. The van der Waals surface area contributed by atoms with Crippen molar-refractivity contribution in [2.75, 3.05) is 19.8 Å². The van der Waals surface area contributed by atoms with Gasteiger partial charge in [0.15, 0.2) is 5.79 Å². The fourth-order valence-corrected chi connectivity index (χ4v) is 1.78. The largest absolute Gasteiger partial charge is 0.349 e. The summed E-state index contributed by atoms with van der Waals surface area (Å²) in [6.45, 7) is 6.24. The van der Waals surface area contributed by atoms with Crippen molar-refractivity contribution in [3.8, 4) is 0 Å². The molecule has 1 fully saturated rings. The molecule has 0 atom stereocenters. The molecule has 0 bridgehead atoms. The van der Waals surface area contributed by atoms with E-state index in [1.807, 2.05) is 38.4 Å². The first-order valence-electron chi connectivity index (χ1n) is 6.06. The Morgan fingerprint density at radius 3 is 2.59 bits per heavy atom. The molecule has 2 heterocycles. The Hall–Kier alpha value is -0.970. The van der Waals surface area contributed by atoms with E-state index in [-0.39, 0.29) is 0 Å². The van der Waals surface area contributed by atoms with Crippen LogP contribution >= 0.6 is 0 Å². The van der Waals surface area contributed by atoms with E-state index < -0.39 is 5.79 Å². The second-order valence-electron chi connectivity index (χ2n) is 4.78. The minimum atomic E-state index is -0.427. The summed E-state index contributed by atoms with van der Waals surface area (Å²) in [5.41, 5.74) is 1.30. The van der Waals surface area contributed by atoms with Gasteiger partial charge in [-0.2, -0.15) is 0 Å². The summed E-state index contributed by atoms with van der Waals surface area (Å²) in [6, 6.07) is 4.38. The van der Waals surface area contributed by atoms with E-state index in [4.69, 9.17) is 9.47 Å². The van der Waals surface area contributed by atoms with Crippen molar-refractivity contribution in [3.05, 3.63) is 30.1 Å². The maximum absolute atomic E-state index is 5.59. The molecule has 1 aromatic rings. The minimum Gasteiger partial charge on any atom is -0.349 e. The van der Waals surface area contributed by atoms with E-state index in [0.29, 0.717) is 19.3 Å². The van der Waals surface area contributed by atoms with Crippen LogP contribution in [0.3, 0.4) is 0 Å². The summed E-state index contributed by atoms with van der Waals surface area (Å²) in [4.78, 5) is 4.00. The molecule has 2 rings (SSSR count). The van der Waals surface area contributed by atoms with Crippen LogP contribution in [0.5, 0.6) is 0 Å². The lowest BCUT2D eigenvalue weighted by molar-refractivity contribution is -0.252. The van der Waals surface area contributed by atoms with Gasteiger partial charge in [0, 0.05) is 12.4 Å². The highest BCUT2D eigenvalue weighted by molar-refractivity contribution is 5.09. The zero-order chi connectivity index (χ0) is 12.1. The molecule has 1 aliphatic heterocycles. The molecular weight excluding hydrogens is 216 g/mol. The lowest BCUT2D eigenvalue weighted by Gasteiger charge is -2.35. The predicted molar refractivity (Wildman–Crippen MR) is 65.7 cm³/mol. The molecule has 0 saturated carbocycles. The number of hydrogen-bond donors (Lipinski definition) is 1. The Morgan fingerprint density at radius 1 is 1.29 bits per heavy atom. The lowest BCUT2D eigenvalue weighted by atomic mass is 10.2. The second-order valence-corrected chi connectivity index (χ2v) is 4.78. The van der Waals surface area contributed by atoms with Crippen LogP contribution in [-0.4, -0.2) is 36.6 Å². The van der Waals surface area contributed by atoms with Gasteiger partial charge in [-0.3, -0.25) is 4.98 Å². The van der Waals surface area contributed by atoms with Crippen molar-refractivity contribution < 1.29 is 9.47 Å². The standard InChI is InChI=1S/C13H20N2O2/c1-13(2)16-9-12(10-17-13)15-8-5-11-3-6-14-7-4-11/h3-4,6-7,12,15H,5,8-10H2,1-2H3. The molecule has 0 unspecified atom stereocenters. The molecule has 94 valence electrons. The van der Waals surface area contributed by atoms with Crippen LogP contribution in [0.15, 0.2) is 24.5 Å². The van der Waals surface area contributed by atoms with Crippen molar-refractivity contribution >= 4 is 0 Å². The van der Waals surface area contributed by atoms with Gasteiger partial charge in [0.1, 0.15) is 0 Å². The van der Waals surface area contributed by atoms with Crippen molar-refractivity contribution in [3.63, 3.8) is 0 Å². The molecule has 0 aliphatic carbocycles. The first kappa shape index (κ1) is 12.5. The molecule has 1 saturated heterocycles. The van der Waals surface area contributed by atoms with E-state index in [0.717, 1.165) is 13.0 Å². The zero-order valence-electron chi connectivity index (χ0n) is 10.5. The maximum atomic E-state index is 5.59. The van der Waals surface area contributed by atoms with E-state index in [2.05, 4.69) is 10.3 Å². The molecule has 4 nitrogen and oxygen atoms in total. The lowest BCUT2D eigenvalue weighted by Crippen LogP contribution is -2.48. The molecular formula is C13H20N2O2. The number of nitrogens with zero attached hydrogens (tertiary/aromatic N) is 1. The number of nitrogens with one attached hydrogen (secondary N) is 1. The molecule has 0 radical (unpaired) electrons. The highest BCUT2D eigenvalue weighted by atomic mass is 16.7. The predicted octanol–water partition coefficient (Wildman–Crippen LogP) is 1.37. The van der Waals surface area contributed by atoms with E-state index in [1.165, 1.54) is 5.56 Å². The maximum Gasteiger partial charge on any atom is 0.162 e. The van der Waals surface area contributed by atoms with Gasteiger partial charge in [0.25, 0.3) is 0 Å². The summed E-state index contributed by atoms with van der Waals surface area (Å²) in [6.07, 6.45) is 4.65. The van der Waals surface area contributed by atoms with Crippen LogP contribution < -0.4 is 5.32 Å². The molecule has 17 heavy (non-hydrogen) atoms. The molecule has 1 aromatic heterocycles. The monoisotopic (exact) mass is 236 g/mol. The third kappa shape index (κ3) is 4.07. The van der Waals surface area contributed by atoms with Gasteiger partial charge >= 0.3 is 0 Å². The van der Waals surface area contributed by atoms with Crippen LogP contribution in [0.4, 0.5) is 0 Å². The minimum absolute atomic E-state index is 0.296. The van der Waals surface area contributed by atoms with Crippen LogP contribution in [0.1, 0.15) is 19.4 Å².